The number of nitrogens with zero attached hydrogens (tertiary/aromatic N) is 3. The van der Waals surface area contributed by atoms with Gasteiger partial charge in [0.15, 0.2) is 0 Å². The Morgan fingerprint density at radius 2 is 1.96 bits per heavy atom. The van der Waals surface area contributed by atoms with Crippen molar-refractivity contribution in [3.63, 3.8) is 0 Å². The molecule has 0 amide bonds. The minimum absolute atomic E-state index is 0.139. The van der Waals surface area contributed by atoms with E-state index in [1.807, 2.05) is 12.1 Å². The molecule has 0 radical (unpaired) electrons. The first kappa shape index (κ1) is 16.6. The Kier molecular flexibility index (Phi) is 5.22. The monoisotopic (exact) mass is 345 g/mol. The highest BCUT2D eigenvalue weighted by Gasteiger charge is 2.18. The second-order valence-electron chi connectivity index (χ2n) is 5.80. The van der Waals surface area contributed by atoms with Crippen molar-refractivity contribution >= 4 is 33.9 Å². The third-order valence-corrected chi connectivity index (χ3v) is 5.29. The van der Waals surface area contributed by atoms with Crippen molar-refractivity contribution in [2.24, 2.45) is 4.99 Å². The normalized spacial score (nSPS) is 16.0. The number of nitro groups is 1. The van der Waals surface area contributed by atoms with Crippen molar-refractivity contribution in [3.8, 4) is 0 Å². The summed E-state index contributed by atoms with van der Waals surface area (Å²) in [6.45, 7) is 7.98. The summed E-state index contributed by atoms with van der Waals surface area (Å²) in [6.07, 6.45) is 1.68. The van der Waals surface area contributed by atoms with Gasteiger partial charge in [-0.1, -0.05) is 11.3 Å². The Bertz CT molecular complexity index is 718. The molecule has 0 aliphatic carbocycles. The van der Waals surface area contributed by atoms with Gasteiger partial charge in [-0.15, -0.1) is 0 Å². The number of hydrogen-bond acceptors (Lipinski definition) is 5. The van der Waals surface area contributed by atoms with Gasteiger partial charge in [0.2, 0.25) is 0 Å². The lowest BCUT2D eigenvalue weighted by atomic mass is 10.2. The van der Waals surface area contributed by atoms with E-state index in [4.69, 9.17) is 0 Å². The van der Waals surface area contributed by atoms with Gasteiger partial charge in [0.05, 0.1) is 48.2 Å². The number of likely N-dealkylation sites (N-methyl/N-ethyl adjacent to an activating group) is 1. The second-order valence-corrected chi connectivity index (χ2v) is 6.89. The van der Waals surface area contributed by atoms with Crippen LogP contribution in [0.1, 0.15) is 11.8 Å². The van der Waals surface area contributed by atoms with E-state index in [9.17, 15) is 10.1 Å². The molecular weight excluding hydrogens is 324 g/mol. The van der Waals surface area contributed by atoms with Crippen molar-refractivity contribution in [3.05, 3.63) is 51.4 Å². The minimum Gasteiger partial charge on any atom is -0.360 e. The van der Waals surface area contributed by atoms with E-state index in [1.54, 1.807) is 17.2 Å². The summed E-state index contributed by atoms with van der Waals surface area (Å²) in [5, 5.41) is 10.8. The van der Waals surface area contributed by atoms with Crippen LogP contribution < -0.4 is 9.80 Å². The van der Waals surface area contributed by atoms with Crippen molar-refractivity contribution in [2.75, 3.05) is 37.6 Å². The largest absolute Gasteiger partial charge is 0.360 e. The topological polar surface area (TPSA) is 63.2 Å². The zero-order valence-electron chi connectivity index (χ0n) is 13.6. The summed E-state index contributed by atoms with van der Waals surface area (Å²) < 4.78 is 0. The molecular formula is C17H21N4O2S+. The fourth-order valence-electron chi connectivity index (χ4n) is 2.83. The van der Waals surface area contributed by atoms with E-state index in [0.717, 1.165) is 35.0 Å². The Balaban J connectivity index is 1.62. The minimum atomic E-state index is -0.378. The highest BCUT2D eigenvalue weighted by atomic mass is 32.1. The van der Waals surface area contributed by atoms with Crippen molar-refractivity contribution in [1.29, 1.82) is 0 Å². The van der Waals surface area contributed by atoms with E-state index >= 15 is 0 Å². The summed E-state index contributed by atoms with van der Waals surface area (Å²) in [4.78, 5) is 19.6. The first-order valence-corrected chi connectivity index (χ1v) is 8.94. The first-order chi connectivity index (χ1) is 11.7. The molecule has 1 aliphatic rings. The highest BCUT2D eigenvalue weighted by molar-refractivity contribution is 7.16. The standard InChI is InChI=1S/C17H20N4O2S/c1-2-19-9-11-20(12-10-19)15-5-3-14(4-6-15)18-13-16-7-8-17(24-16)21(22)23/h3-8,13H,2,9-12H2,1H3/p+1. The second kappa shape index (κ2) is 7.55. The van der Waals surface area contributed by atoms with E-state index < -0.39 is 0 Å². The summed E-state index contributed by atoms with van der Waals surface area (Å²) >= 11 is 1.13. The molecule has 0 spiro atoms. The molecule has 1 aromatic heterocycles. The molecule has 126 valence electrons. The Morgan fingerprint density at radius 3 is 2.54 bits per heavy atom. The molecule has 2 heterocycles. The van der Waals surface area contributed by atoms with Gasteiger partial charge in [-0.3, -0.25) is 15.1 Å². The van der Waals surface area contributed by atoms with Gasteiger partial charge < -0.3 is 9.80 Å². The Labute approximate surface area is 145 Å². The van der Waals surface area contributed by atoms with Crippen molar-refractivity contribution in [1.82, 2.24) is 0 Å². The molecule has 1 fully saturated rings. The van der Waals surface area contributed by atoms with Crippen LogP contribution in [0, 0.1) is 10.1 Å². The lowest BCUT2D eigenvalue weighted by Gasteiger charge is -2.33. The summed E-state index contributed by atoms with van der Waals surface area (Å²) in [5.74, 6) is 0. The van der Waals surface area contributed by atoms with E-state index in [0.29, 0.717) is 0 Å². The molecule has 0 unspecified atom stereocenters. The van der Waals surface area contributed by atoms with Crippen LogP contribution in [-0.4, -0.2) is 43.9 Å². The van der Waals surface area contributed by atoms with Crippen molar-refractivity contribution < 1.29 is 9.82 Å². The molecule has 1 aliphatic heterocycles. The number of piperazine rings is 1. The number of rotatable bonds is 5. The van der Waals surface area contributed by atoms with Crippen LogP contribution in [-0.2, 0) is 0 Å². The van der Waals surface area contributed by atoms with Crippen LogP contribution in [0.3, 0.4) is 0 Å². The number of nitrogens with one attached hydrogen (secondary N) is 1. The number of aliphatic imine (C=N–C) groups is 1. The maximum Gasteiger partial charge on any atom is 0.324 e. The Hall–Kier alpha value is -2.25. The third kappa shape index (κ3) is 3.98. The zero-order chi connectivity index (χ0) is 16.9. The lowest BCUT2D eigenvalue weighted by Crippen LogP contribution is -3.14. The number of benzene rings is 1. The maximum absolute atomic E-state index is 10.7. The first-order valence-electron chi connectivity index (χ1n) is 8.12. The van der Waals surface area contributed by atoms with Crippen LogP contribution in [0.4, 0.5) is 16.4 Å². The predicted octanol–water partition coefficient (Wildman–Crippen LogP) is 2.13. The van der Waals surface area contributed by atoms with Crippen LogP contribution in [0.15, 0.2) is 41.4 Å². The van der Waals surface area contributed by atoms with Crippen LogP contribution in [0.25, 0.3) is 0 Å². The summed E-state index contributed by atoms with van der Waals surface area (Å²) in [7, 11) is 0. The van der Waals surface area contributed by atoms with E-state index in [2.05, 4.69) is 28.9 Å². The molecule has 24 heavy (non-hydrogen) atoms. The van der Waals surface area contributed by atoms with Crippen molar-refractivity contribution in [2.45, 2.75) is 6.92 Å². The predicted molar refractivity (Wildman–Crippen MR) is 98.1 cm³/mol. The molecule has 0 bridgehead atoms. The number of quaternary nitrogens is 1. The van der Waals surface area contributed by atoms with Gasteiger partial charge >= 0.3 is 5.00 Å². The fraction of sp³-hybridized carbons (Fsp3) is 0.353. The molecule has 3 rings (SSSR count). The van der Waals surface area contributed by atoms with Crippen LogP contribution in [0.5, 0.6) is 0 Å². The van der Waals surface area contributed by atoms with Gasteiger partial charge in [-0.25, -0.2) is 0 Å². The van der Waals surface area contributed by atoms with Gasteiger partial charge in [-0.2, -0.15) is 0 Å². The quantitative estimate of drug-likeness (QED) is 0.513. The maximum atomic E-state index is 10.7. The molecule has 1 saturated heterocycles. The number of thiophene rings is 1. The number of hydrogen-bond donors (Lipinski definition) is 1. The molecule has 7 heteroatoms. The Morgan fingerprint density at radius 1 is 1.25 bits per heavy atom. The number of anilines is 1. The smallest absolute Gasteiger partial charge is 0.324 e. The van der Waals surface area contributed by atoms with Gasteiger partial charge in [0.1, 0.15) is 0 Å². The average molecular weight is 345 g/mol. The molecule has 1 aromatic carbocycles. The van der Waals surface area contributed by atoms with Gasteiger partial charge in [0.25, 0.3) is 0 Å². The van der Waals surface area contributed by atoms with E-state index in [1.165, 1.54) is 31.4 Å². The van der Waals surface area contributed by atoms with Gasteiger partial charge in [0, 0.05) is 18.0 Å². The average Bonchev–Trinajstić information content (AvgIpc) is 3.10. The van der Waals surface area contributed by atoms with Gasteiger partial charge in [-0.05, 0) is 37.3 Å². The van der Waals surface area contributed by atoms with Crippen LogP contribution >= 0.6 is 11.3 Å². The molecule has 0 atom stereocenters. The fourth-order valence-corrected chi connectivity index (χ4v) is 3.53. The third-order valence-electron chi connectivity index (χ3n) is 4.32. The molecule has 1 N–H and O–H groups in total. The lowest BCUT2D eigenvalue weighted by molar-refractivity contribution is -0.898. The molecule has 6 nitrogen and oxygen atoms in total. The summed E-state index contributed by atoms with van der Waals surface area (Å²) in [5.41, 5.74) is 2.09. The zero-order valence-corrected chi connectivity index (χ0v) is 14.5. The molecule has 2 aromatic rings. The van der Waals surface area contributed by atoms with Crippen LogP contribution in [0.2, 0.25) is 0 Å². The SMILES string of the molecule is CC[NH+]1CCN(c2ccc(N=Cc3ccc([N+](=O)[O-])s3)cc2)CC1. The van der Waals surface area contributed by atoms with E-state index in [-0.39, 0.29) is 9.92 Å². The molecule has 0 saturated carbocycles. The highest BCUT2D eigenvalue weighted by Crippen LogP contribution is 2.24. The summed E-state index contributed by atoms with van der Waals surface area (Å²) in [6, 6.07) is 11.4.